The van der Waals surface area contributed by atoms with Crippen molar-refractivity contribution in [1.29, 1.82) is 0 Å². The molecule has 2 nitrogen and oxygen atoms in total. The Morgan fingerprint density at radius 3 is 0.533 bits per heavy atom. The van der Waals surface area contributed by atoms with Crippen molar-refractivity contribution < 1.29 is 25.4 Å². The standard InChI is InChI=1S/2C18H33P.2CH3O.2ClH.Ru/c2*1-4-10-16(11-5-1)19(17-12-6-2-7-13-17)18-14-8-3-9-15-18;2*1-2;;;/h2*16-18H,1-15H2;2*2H,1H2;2*1H;/q;;2*-1;;;+4. The maximum atomic E-state index is 6.75. The number of halogens is 2. The molecule has 0 aliphatic heterocycles. The molecule has 0 saturated heterocycles. The van der Waals surface area contributed by atoms with Crippen LogP contribution in [0.3, 0.4) is 0 Å². The van der Waals surface area contributed by atoms with Crippen LogP contribution in [0.15, 0.2) is 0 Å². The van der Waals surface area contributed by atoms with E-state index in [2.05, 4.69) is 14.2 Å². The van der Waals surface area contributed by atoms with Crippen LogP contribution in [0.25, 0.3) is 0 Å². The zero-order valence-electron chi connectivity index (χ0n) is 29.1. The Kier molecular flexibility index (Phi) is 27.5. The second-order valence-electron chi connectivity index (χ2n) is 15.1. The molecule has 0 amide bonds. The molecule has 6 aliphatic carbocycles. The van der Waals surface area contributed by atoms with Crippen molar-refractivity contribution >= 4 is 35.2 Å². The first kappa shape index (κ1) is 43.1. The Labute approximate surface area is 299 Å². The first-order valence-electron chi connectivity index (χ1n) is 19.5. The minimum atomic E-state index is -0.346. The van der Waals surface area contributed by atoms with Gasteiger partial charge in [-0.1, -0.05) is 38.5 Å². The molecule has 6 aliphatic rings. The summed E-state index contributed by atoms with van der Waals surface area (Å²) in [5.41, 5.74) is 7.36. The number of hydrogen-bond donors (Lipinski definition) is 2. The molecule has 7 heteroatoms. The third-order valence-electron chi connectivity index (χ3n) is 12.5. The van der Waals surface area contributed by atoms with E-state index in [-0.39, 0.29) is 31.0 Å². The minimum absolute atomic E-state index is 0.0465. The Bertz CT molecular complexity index is 502. The molecule has 0 radical (unpaired) electrons. The molecule has 0 bridgehead atoms. The number of rotatable bonds is 6. The fourth-order valence-electron chi connectivity index (χ4n) is 10.6. The topological polar surface area (TPSA) is 40.5 Å². The van der Waals surface area contributed by atoms with Crippen molar-refractivity contribution in [2.45, 2.75) is 227 Å². The van der Waals surface area contributed by atoms with Gasteiger partial charge >= 0.3 is 34.5 Å². The van der Waals surface area contributed by atoms with Crippen LogP contribution in [0.2, 0.25) is 0 Å². The Balaban J connectivity index is 0.000000262. The van der Waals surface area contributed by atoms with E-state index in [1.165, 1.54) is 34.0 Å². The van der Waals surface area contributed by atoms with Gasteiger partial charge in [0.15, 0.2) is 0 Å². The number of hydrogen-bond acceptors (Lipinski definition) is 2. The number of aliphatic hydroxyl groups excluding tert-OH is 2. The van der Waals surface area contributed by atoms with Gasteiger partial charge in [0.05, 0.1) is 34.0 Å². The molecule has 0 aromatic heterocycles. The Morgan fingerprint density at radius 1 is 0.311 bits per heavy atom. The van der Waals surface area contributed by atoms with Gasteiger partial charge in [-0.3, -0.25) is 0 Å². The van der Waals surface area contributed by atoms with Crippen LogP contribution in [-0.4, -0.2) is 44.2 Å². The van der Waals surface area contributed by atoms with Gasteiger partial charge in [-0.25, -0.2) is 14.2 Å². The molecule has 0 unspecified atom stereocenters. The summed E-state index contributed by atoms with van der Waals surface area (Å²) in [7, 11) is 14.1. The quantitative estimate of drug-likeness (QED) is 0.160. The van der Waals surface area contributed by atoms with Crippen LogP contribution < -0.4 is 0 Å². The van der Waals surface area contributed by atoms with Gasteiger partial charge < -0.3 is 10.2 Å². The molecule has 45 heavy (non-hydrogen) atoms. The molecule has 0 spiro atoms. The van der Waals surface area contributed by atoms with Gasteiger partial charge in [-0.05, 0) is 154 Å². The molecule has 0 aromatic rings. The SMILES string of the molecule is C1CCC([PH+](C2CCCCC2)C2CCCCC2)CC1.C1CCC([PH+](C2CCCCC2)C2CCCCC2)CC1.[CH2-]O.[CH2-]O.[Cl][Ru+2][Cl]. The number of aliphatic hydroxyl groups is 2. The molecular weight excluding hydrogens is 722 g/mol. The fraction of sp³-hybridized carbons (Fsp3) is 0.947. The first-order chi connectivity index (χ1) is 22.3. The Hall–Kier alpha value is 1.98. The van der Waals surface area contributed by atoms with E-state index in [1.54, 1.807) is 193 Å². The summed E-state index contributed by atoms with van der Waals surface area (Å²) >= 11 is -0.346. The summed E-state index contributed by atoms with van der Waals surface area (Å²) < 4.78 is 0. The van der Waals surface area contributed by atoms with Gasteiger partial charge in [0.2, 0.25) is 0 Å². The third kappa shape index (κ3) is 16.3. The van der Waals surface area contributed by atoms with E-state index < -0.39 is 0 Å². The third-order valence-corrected chi connectivity index (χ3v) is 21.6. The average molecular weight is 797 g/mol. The van der Waals surface area contributed by atoms with Crippen LogP contribution in [0, 0.1) is 14.2 Å². The van der Waals surface area contributed by atoms with E-state index >= 15 is 0 Å². The molecule has 2 N–H and O–H groups in total. The summed E-state index contributed by atoms with van der Waals surface area (Å²) in [4.78, 5) is 0. The van der Waals surface area contributed by atoms with Crippen molar-refractivity contribution in [2.75, 3.05) is 0 Å². The van der Waals surface area contributed by atoms with Crippen LogP contribution in [0.5, 0.6) is 0 Å². The summed E-state index contributed by atoms with van der Waals surface area (Å²) in [5.74, 6) is 0. The van der Waals surface area contributed by atoms with Crippen LogP contribution in [0.4, 0.5) is 0 Å². The van der Waals surface area contributed by atoms with Crippen LogP contribution in [0.1, 0.15) is 193 Å². The normalized spacial score (nSPS) is 25.1. The molecule has 0 heterocycles. The van der Waals surface area contributed by atoms with E-state index in [9.17, 15) is 0 Å². The van der Waals surface area contributed by atoms with E-state index in [0.717, 1.165) is 0 Å². The van der Waals surface area contributed by atoms with E-state index in [0.29, 0.717) is 0 Å². The molecule has 0 atom stereocenters. The van der Waals surface area contributed by atoms with Gasteiger partial charge in [0.1, 0.15) is 0 Å². The first-order valence-corrected chi connectivity index (χ1v) is 27.5. The zero-order chi connectivity index (χ0) is 32.5. The second kappa shape index (κ2) is 28.7. The molecular formula is C38H74Cl2O2P2Ru+2. The van der Waals surface area contributed by atoms with Crippen LogP contribution in [-0.2, 0) is 15.1 Å². The fourth-order valence-corrected chi connectivity index (χ4v) is 21.1. The monoisotopic (exact) mass is 796 g/mol. The van der Waals surface area contributed by atoms with Crippen molar-refractivity contribution in [3.8, 4) is 0 Å². The Morgan fingerprint density at radius 2 is 0.422 bits per heavy atom. The molecule has 268 valence electrons. The van der Waals surface area contributed by atoms with Gasteiger partial charge in [-0.15, -0.1) is 0 Å². The molecule has 0 aromatic carbocycles. The van der Waals surface area contributed by atoms with Gasteiger partial charge in [0.25, 0.3) is 0 Å². The van der Waals surface area contributed by atoms with Crippen LogP contribution >= 0.6 is 35.2 Å². The van der Waals surface area contributed by atoms with Gasteiger partial charge in [-0.2, -0.15) is 0 Å². The summed E-state index contributed by atoms with van der Waals surface area (Å²) in [6.07, 6.45) is 47.6. The van der Waals surface area contributed by atoms with Crippen molar-refractivity contribution in [3.05, 3.63) is 14.2 Å². The van der Waals surface area contributed by atoms with E-state index in [4.69, 9.17) is 29.6 Å². The molecule has 6 fully saturated rings. The zero-order valence-corrected chi connectivity index (χ0v) is 34.3. The van der Waals surface area contributed by atoms with E-state index in [1.807, 2.05) is 0 Å². The summed E-state index contributed by atoms with van der Waals surface area (Å²) in [5, 5.41) is 13.5. The predicted molar refractivity (Wildman–Crippen MR) is 204 cm³/mol. The van der Waals surface area contributed by atoms with Gasteiger partial charge in [0, 0.05) is 15.8 Å². The maximum absolute atomic E-state index is 6.75. The summed E-state index contributed by atoms with van der Waals surface area (Å²) in [6, 6.07) is 0. The molecule has 6 saturated carbocycles. The second-order valence-corrected chi connectivity index (χ2v) is 24.6. The molecule has 6 rings (SSSR count). The van der Waals surface area contributed by atoms with Crippen molar-refractivity contribution in [1.82, 2.24) is 0 Å². The average Bonchev–Trinajstić information content (AvgIpc) is 3.14. The van der Waals surface area contributed by atoms with Crippen molar-refractivity contribution in [2.24, 2.45) is 0 Å². The predicted octanol–water partition coefficient (Wildman–Crippen LogP) is 14.1. The van der Waals surface area contributed by atoms with Crippen molar-refractivity contribution in [3.63, 3.8) is 0 Å². The summed E-state index contributed by atoms with van der Waals surface area (Å²) in [6.45, 7) is 0.